The van der Waals surface area contributed by atoms with E-state index in [2.05, 4.69) is 27.7 Å². The Bertz CT molecular complexity index is 296. The zero-order valence-electron chi connectivity index (χ0n) is 22.5. The van der Waals surface area contributed by atoms with E-state index in [0.29, 0.717) is 0 Å². The van der Waals surface area contributed by atoms with Gasteiger partial charge in [0.25, 0.3) is 0 Å². The van der Waals surface area contributed by atoms with Gasteiger partial charge in [0.15, 0.2) is 0 Å². The lowest BCUT2D eigenvalue weighted by atomic mass is 10.0. The van der Waals surface area contributed by atoms with Crippen LogP contribution in [0, 0.1) is 0 Å². The van der Waals surface area contributed by atoms with Crippen LogP contribution in [0.5, 0.6) is 0 Å². The summed E-state index contributed by atoms with van der Waals surface area (Å²) in [5.74, 6) is 0. The van der Waals surface area contributed by atoms with Gasteiger partial charge in [-0.05, 0) is 32.1 Å². The number of halogens is 1. The zero-order chi connectivity index (χ0) is 22.2. The van der Waals surface area contributed by atoms with Gasteiger partial charge in [-0.1, -0.05) is 130 Å². The summed E-state index contributed by atoms with van der Waals surface area (Å²) < 4.78 is 1.44. The molecular formula is C29H62ClN. The first-order valence-electron chi connectivity index (χ1n) is 14.6. The zero-order valence-corrected chi connectivity index (χ0v) is 23.3. The minimum absolute atomic E-state index is 0. The summed E-state index contributed by atoms with van der Waals surface area (Å²) >= 11 is 0. The fraction of sp³-hybridized carbons (Fsp3) is 1.00. The molecule has 0 unspecified atom stereocenters. The predicted molar refractivity (Wildman–Crippen MR) is 139 cm³/mol. The molecule has 0 aromatic rings. The Morgan fingerprint density at radius 2 is 0.516 bits per heavy atom. The number of hydrogen-bond acceptors (Lipinski definition) is 0. The first kappa shape index (κ1) is 33.4. The number of unbranched alkanes of at least 4 members (excludes halogenated alkanes) is 17. The van der Waals surface area contributed by atoms with Crippen LogP contribution < -0.4 is 12.4 Å². The highest BCUT2D eigenvalue weighted by atomic mass is 35.5. The second kappa shape index (κ2) is 26.5. The molecule has 0 radical (unpaired) electrons. The van der Waals surface area contributed by atoms with Crippen molar-refractivity contribution in [3.8, 4) is 0 Å². The number of rotatable bonds is 25. The van der Waals surface area contributed by atoms with E-state index in [9.17, 15) is 0 Å². The Kier molecular flexibility index (Phi) is 28.6. The first-order valence-corrected chi connectivity index (χ1v) is 14.6. The van der Waals surface area contributed by atoms with Crippen LogP contribution in [-0.4, -0.2) is 30.7 Å². The number of quaternary nitrogens is 1. The molecule has 0 bridgehead atoms. The monoisotopic (exact) mass is 459 g/mol. The molecule has 0 rings (SSSR count). The average molecular weight is 460 g/mol. The topological polar surface area (TPSA) is 0 Å². The fourth-order valence-corrected chi connectivity index (χ4v) is 4.97. The van der Waals surface area contributed by atoms with Crippen molar-refractivity contribution in [1.29, 1.82) is 0 Å². The summed E-state index contributed by atoms with van der Waals surface area (Å²) in [4.78, 5) is 0. The van der Waals surface area contributed by atoms with E-state index in [4.69, 9.17) is 0 Å². The van der Waals surface area contributed by atoms with Crippen LogP contribution in [0.3, 0.4) is 0 Å². The van der Waals surface area contributed by atoms with Gasteiger partial charge in [0.1, 0.15) is 0 Å². The maximum absolute atomic E-state index is 2.36. The average Bonchev–Trinajstić information content (AvgIpc) is 2.77. The summed E-state index contributed by atoms with van der Waals surface area (Å²) in [6, 6.07) is 0. The standard InChI is InChI=1S/C29H62N.ClH/c1-5-9-13-14-15-16-17-18-19-20-21-22-23-24-25-29-30(26-10-6-2,27-11-7-3)28-12-8-4;/h5-29H2,1-4H3;1H/q+1;/p-1. The SMILES string of the molecule is CCCCCCCCCCCCCCCCC[N+](CCCC)(CCCC)CCCC.[Cl-]. The highest BCUT2D eigenvalue weighted by Crippen LogP contribution is 2.18. The van der Waals surface area contributed by atoms with E-state index in [-0.39, 0.29) is 12.4 Å². The molecule has 1 nitrogen and oxygen atoms in total. The lowest BCUT2D eigenvalue weighted by Gasteiger charge is -2.39. The molecule has 0 amide bonds. The van der Waals surface area contributed by atoms with Crippen molar-refractivity contribution < 1.29 is 16.9 Å². The van der Waals surface area contributed by atoms with Gasteiger partial charge in [-0.2, -0.15) is 0 Å². The van der Waals surface area contributed by atoms with Gasteiger partial charge >= 0.3 is 0 Å². The fourth-order valence-electron chi connectivity index (χ4n) is 4.97. The van der Waals surface area contributed by atoms with E-state index in [1.165, 1.54) is 165 Å². The Hall–Kier alpha value is 0.250. The third-order valence-corrected chi connectivity index (χ3v) is 7.19. The van der Waals surface area contributed by atoms with Crippen molar-refractivity contribution in [2.75, 3.05) is 26.2 Å². The molecule has 0 aliphatic rings. The van der Waals surface area contributed by atoms with Crippen LogP contribution in [0.1, 0.15) is 163 Å². The second-order valence-electron chi connectivity index (χ2n) is 10.2. The Balaban J connectivity index is 0. The van der Waals surface area contributed by atoms with Crippen LogP contribution in [0.15, 0.2) is 0 Å². The molecule has 0 saturated heterocycles. The summed E-state index contributed by atoms with van der Waals surface area (Å²) in [6.45, 7) is 15.2. The van der Waals surface area contributed by atoms with Crippen LogP contribution in [0.2, 0.25) is 0 Å². The molecule has 0 aliphatic carbocycles. The van der Waals surface area contributed by atoms with Gasteiger partial charge < -0.3 is 16.9 Å². The van der Waals surface area contributed by atoms with Gasteiger partial charge in [0.2, 0.25) is 0 Å². The summed E-state index contributed by atoms with van der Waals surface area (Å²) in [6.07, 6.45) is 30.4. The highest BCUT2D eigenvalue weighted by Gasteiger charge is 2.24. The molecule has 190 valence electrons. The van der Waals surface area contributed by atoms with Gasteiger partial charge in [0.05, 0.1) is 26.2 Å². The molecule has 0 atom stereocenters. The van der Waals surface area contributed by atoms with E-state index in [1.807, 2.05) is 0 Å². The Morgan fingerprint density at radius 1 is 0.290 bits per heavy atom. The van der Waals surface area contributed by atoms with E-state index < -0.39 is 0 Å². The van der Waals surface area contributed by atoms with Gasteiger partial charge in [0, 0.05) is 0 Å². The summed E-state index contributed by atoms with van der Waals surface area (Å²) in [5, 5.41) is 0. The number of hydrogen-bond donors (Lipinski definition) is 0. The minimum atomic E-state index is 0. The van der Waals surface area contributed by atoms with Crippen LogP contribution in [0.25, 0.3) is 0 Å². The van der Waals surface area contributed by atoms with Crippen molar-refractivity contribution in [1.82, 2.24) is 0 Å². The summed E-state index contributed by atoms with van der Waals surface area (Å²) in [5.41, 5.74) is 0. The number of nitrogens with zero attached hydrogens (tertiary/aromatic N) is 1. The van der Waals surface area contributed by atoms with Crippen LogP contribution in [0.4, 0.5) is 0 Å². The van der Waals surface area contributed by atoms with Gasteiger partial charge in [-0.15, -0.1) is 0 Å². The molecule has 0 spiro atoms. The van der Waals surface area contributed by atoms with Crippen molar-refractivity contribution in [2.24, 2.45) is 0 Å². The minimum Gasteiger partial charge on any atom is -1.00 e. The van der Waals surface area contributed by atoms with Crippen molar-refractivity contribution >= 4 is 0 Å². The predicted octanol–water partition coefficient (Wildman–Crippen LogP) is 7.08. The molecule has 0 fully saturated rings. The van der Waals surface area contributed by atoms with E-state index >= 15 is 0 Å². The molecule has 0 aromatic heterocycles. The highest BCUT2D eigenvalue weighted by molar-refractivity contribution is 4.52. The molecular weight excluding hydrogens is 398 g/mol. The smallest absolute Gasteiger partial charge is 0.0786 e. The van der Waals surface area contributed by atoms with Crippen LogP contribution >= 0.6 is 0 Å². The Labute approximate surface area is 205 Å². The molecule has 0 heterocycles. The van der Waals surface area contributed by atoms with E-state index in [1.54, 1.807) is 0 Å². The Morgan fingerprint density at radius 3 is 0.806 bits per heavy atom. The maximum atomic E-state index is 2.36. The molecule has 0 saturated carbocycles. The normalized spacial score (nSPS) is 11.6. The van der Waals surface area contributed by atoms with Gasteiger partial charge in [-0.25, -0.2) is 0 Å². The second-order valence-corrected chi connectivity index (χ2v) is 10.2. The largest absolute Gasteiger partial charge is 1.00 e. The third-order valence-electron chi connectivity index (χ3n) is 7.19. The van der Waals surface area contributed by atoms with Crippen LogP contribution in [-0.2, 0) is 0 Å². The molecule has 31 heavy (non-hydrogen) atoms. The lowest BCUT2D eigenvalue weighted by Crippen LogP contribution is -3.00. The van der Waals surface area contributed by atoms with Crippen molar-refractivity contribution in [2.45, 2.75) is 163 Å². The van der Waals surface area contributed by atoms with Gasteiger partial charge in [-0.3, -0.25) is 0 Å². The third kappa shape index (κ3) is 21.8. The van der Waals surface area contributed by atoms with Crippen molar-refractivity contribution in [3.05, 3.63) is 0 Å². The quantitative estimate of drug-likeness (QED) is 0.101. The first-order chi connectivity index (χ1) is 14.7. The molecule has 0 aromatic carbocycles. The van der Waals surface area contributed by atoms with Crippen molar-refractivity contribution in [3.63, 3.8) is 0 Å². The maximum Gasteiger partial charge on any atom is 0.0786 e. The lowest BCUT2D eigenvalue weighted by molar-refractivity contribution is -0.929. The summed E-state index contributed by atoms with van der Waals surface area (Å²) in [7, 11) is 0. The molecule has 0 aliphatic heterocycles. The molecule has 0 N–H and O–H groups in total. The van der Waals surface area contributed by atoms with E-state index in [0.717, 1.165) is 0 Å². The molecule has 2 heteroatoms.